The van der Waals surface area contributed by atoms with Crippen LogP contribution in [-0.2, 0) is 14.8 Å². The first-order valence-electron chi connectivity index (χ1n) is 9.77. The summed E-state index contributed by atoms with van der Waals surface area (Å²) in [5, 5.41) is 11.5. The van der Waals surface area contributed by atoms with Gasteiger partial charge in [-0.25, -0.2) is 8.42 Å². The molecule has 0 aliphatic heterocycles. The quantitative estimate of drug-likeness (QED) is 0.318. The summed E-state index contributed by atoms with van der Waals surface area (Å²) in [6, 6.07) is 12.9. The van der Waals surface area contributed by atoms with Crippen LogP contribution in [0.4, 0.5) is 10.8 Å². The van der Waals surface area contributed by atoms with Crippen molar-refractivity contribution in [1.29, 1.82) is 0 Å². The van der Waals surface area contributed by atoms with E-state index in [1.165, 1.54) is 23.5 Å². The zero-order valence-electron chi connectivity index (χ0n) is 17.8. The second-order valence-corrected chi connectivity index (χ2v) is 11.8. The number of amides is 1. The molecule has 0 bridgehead atoms. The minimum Gasteiger partial charge on any atom is -0.299 e. The minimum absolute atomic E-state index is 0.0791. The smallest absolute Gasteiger partial charge is 0.264 e. The molecule has 0 aliphatic carbocycles. The first-order valence-corrected chi connectivity index (χ1v) is 13.4. The van der Waals surface area contributed by atoms with Crippen molar-refractivity contribution in [1.82, 2.24) is 10.2 Å². The Bertz CT molecular complexity index is 1180. The lowest BCUT2D eigenvalue weighted by Crippen LogP contribution is -2.38. The lowest BCUT2D eigenvalue weighted by atomic mass is 10.2. The highest BCUT2D eigenvalue weighted by molar-refractivity contribution is 8.01. The van der Waals surface area contributed by atoms with Crippen molar-refractivity contribution in [3.63, 3.8) is 0 Å². The predicted molar refractivity (Wildman–Crippen MR) is 131 cm³/mol. The number of thioether (sulfide) groups is 1. The number of hydrogen-bond donors (Lipinski definition) is 1. The molecular formula is C21H23ClN4O3S3. The van der Waals surface area contributed by atoms with Crippen LogP contribution in [0.25, 0.3) is 0 Å². The Labute approximate surface area is 201 Å². The van der Waals surface area contributed by atoms with E-state index in [2.05, 4.69) is 29.4 Å². The average Bonchev–Trinajstić information content (AvgIpc) is 3.20. The van der Waals surface area contributed by atoms with Crippen LogP contribution in [0.3, 0.4) is 0 Å². The van der Waals surface area contributed by atoms with Crippen molar-refractivity contribution in [2.24, 2.45) is 5.92 Å². The van der Waals surface area contributed by atoms with Gasteiger partial charge in [0.2, 0.25) is 11.0 Å². The summed E-state index contributed by atoms with van der Waals surface area (Å²) in [6.45, 7) is 5.49. The molecule has 1 heterocycles. The number of halogens is 1. The highest BCUT2D eigenvalue weighted by Crippen LogP contribution is 2.31. The number of carbonyl (C=O) groups excluding carboxylic acids is 1. The molecule has 1 N–H and O–H groups in total. The summed E-state index contributed by atoms with van der Waals surface area (Å²) in [6.07, 6.45) is 0. The molecule has 0 radical (unpaired) electrons. The van der Waals surface area contributed by atoms with Gasteiger partial charge in [-0.15, -0.1) is 10.2 Å². The molecule has 170 valence electrons. The van der Waals surface area contributed by atoms with Crippen LogP contribution in [0, 0.1) is 12.8 Å². The standard InChI is InChI=1S/C21H23ClN4O3S3/c1-14(2)13-30-21-25-24-20(31-21)23-19(27)12-26(18-11-7-10-17(22)15(18)3)32(28,29)16-8-5-4-6-9-16/h4-11,14H,12-13H2,1-3H3,(H,23,24,27). The third-order valence-corrected chi connectivity index (χ3v) is 8.90. The van der Waals surface area contributed by atoms with Crippen LogP contribution >= 0.6 is 34.7 Å². The van der Waals surface area contributed by atoms with E-state index in [-0.39, 0.29) is 4.90 Å². The third kappa shape index (κ3) is 6.00. The van der Waals surface area contributed by atoms with E-state index in [1.807, 2.05) is 0 Å². The van der Waals surface area contributed by atoms with Crippen LogP contribution in [-0.4, -0.2) is 36.8 Å². The van der Waals surface area contributed by atoms with Crippen molar-refractivity contribution in [2.45, 2.75) is 30.0 Å². The first-order chi connectivity index (χ1) is 15.2. The number of carbonyl (C=O) groups is 1. The molecule has 1 aromatic heterocycles. The molecule has 0 aliphatic rings. The average molecular weight is 511 g/mol. The lowest BCUT2D eigenvalue weighted by molar-refractivity contribution is -0.114. The van der Waals surface area contributed by atoms with Crippen LogP contribution < -0.4 is 9.62 Å². The van der Waals surface area contributed by atoms with Gasteiger partial charge in [0.05, 0.1) is 10.6 Å². The summed E-state index contributed by atoms with van der Waals surface area (Å²) < 4.78 is 28.6. The maximum absolute atomic E-state index is 13.4. The molecule has 0 atom stereocenters. The number of rotatable bonds is 9. The molecule has 0 fully saturated rings. The Hall–Kier alpha value is -2.14. The summed E-state index contributed by atoms with van der Waals surface area (Å²) in [5.41, 5.74) is 0.895. The van der Waals surface area contributed by atoms with E-state index < -0.39 is 22.5 Å². The third-order valence-electron chi connectivity index (χ3n) is 4.32. The largest absolute Gasteiger partial charge is 0.299 e. The maximum Gasteiger partial charge on any atom is 0.264 e. The zero-order chi connectivity index (χ0) is 23.3. The fourth-order valence-corrected chi connectivity index (χ4v) is 6.15. The second kappa shape index (κ2) is 10.7. The van der Waals surface area contributed by atoms with E-state index in [1.54, 1.807) is 55.1 Å². The highest BCUT2D eigenvalue weighted by atomic mass is 35.5. The van der Waals surface area contributed by atoms with Crippen molar-refractivity contribution in [2.75, 3.05) is 21.9 Å². The molecule has 3 rings (SSSR count). The van der Waals surface area contributed by atoms with Gasteiger partial charge in [-0.2, -0.15) is 0 Å². The fourth-order valence-electron chi connectivity index (χ4n) is 2.73. The van der Waals surface area contributed by atoms with E-state index in [0.29, 0.717) is 27.3 Å². The van der Waals surface area contributed by atoms with E-state index >= 15 is 0 Å². The van der Waals surface area contributed by atoms with Gasteiger partial charge in [0, 0.05) is 10.8 Å². The van der Waals surface area contributed by atoms with Crippen LogP contribution in [0.1, 0.15) is 19.4 Å². The van der Waals surface area contributed by atoms with Crippen LogP contribution in [0.15, 0.2) is 57.8 Å². The molecule has 11 heteroatoms. The van der Waals surface area contributed by atoms with Gasteiger partial charge in [-0.3, -0.25) is 14.4 Å². The monoisotopic (exact) mass is 510 g/mol. The summed E-state index contributed by atoms with van der Waals surface area (Å²) >= 11 is 9.05. The van der Waals surface area contributed by atoms with Crippen molar-refractivity contribution in [3.05, 3.63) is 59.1 Å². The lowest BCUT2D eigenvalue weighted by Gasteiger charge is -2.25. The van der Waals surface area contributed by atoms with Crippen molar-refractivity contribution >= 4 is 61.4 Å². The number of nitrogens with zero attached hydrogens (tertiary/aromatic N) is 3. The van der Waals surface area contributed by atoms with Crippen molar-refractivity contribution in [3.8, 4) is 0 Å². The maximum atomic E-state index is 13.4. The summed E-state index contributed by atoms with van der Waals surface area (Å²) in [5.74, 6) is 0.861. The Balaban J connectivity index is 1.86. The van der Waals surface area contributed by atoms with Gasteiger partial charge in [0.1, 0.15) is 6.54 Å². The number of sulfonamides is 1. The second-order valence-electron chi connectivity index (χ2n) is 7.33. The van der Waals surface area contributed by atoms with E-state index in [0.717, 1.165) is 14.4 Å². The number of aromatic nitrogens is 2. The molecule has 0 spiro atoms. The molecule has 1 amide bonds. The normalized spacial score (nSPS) is 11.5. The number of anilines is 2. The minimum atomic E-state index is -4.02. The summed E-state index contributed by atoms with van der Waals surface area (Å²) in [4.78, 5) is 12.9. The van der Waals surface area contributed by atoms with E-state index in [4.69, 9.17) is 11.6 Å². The number of benzene rings is 2. The van der Waals surface area contributed by atoms with Gasteiger partial charge < -0.3 is 0 Å². The fraction of sp³-hybridized carbons (Fsp3) is 0.286. The Morgan fingerprint density at radius 3 is 2.56 bits per heavy atom. The van der Waals surface area contributed by atoms with Gasteiger partial charge in [0.25, 0.3) is 10.0 Å². The van der Waals surface area contributed by atoms with Gasteiger partial charge in [-0.05, 0) is 42.7 Å². The molecule has 7 nitrogen and oxygen atoms in total. The molecule has 3 aromatic rings. The Morgan fingerprint density at radius 1 is 1.16 bits per heavy atom. The first kappa shape index (κ1) is 24.5. The molecule has 2 aromatic carbocycles. The van der Waals surface area contributed by atoms with Gasteiger partial charge in [0.15, 0.2) is 4.34 Å². The van der Waals surface area contributed by atoms with E-state index in [9.17, 15) is 13.2 Å². The molecular weight excluding hydrogens is 488 g/mol. The molecule has 0 saturated carbocycles. The zero-order valence-corrected chi connectivity index (χ0v) is 21.0. The number of nitrogens with one attached hydrogen (secondary N) is 1. The van der Waals surface area contributed by atoms with Crippen LogP contribution in [0.5, 0.6) is 0 Å². The van der Waals surface area contributed by atoms with Gasteiger partial charge >= 0.3 is 0 Å². The molecule has 0 unspecified atom stereocenters. The Kier molecular flexibility index (Phi) is 8.16. The molecule has 32 heavy (non-hydrogen) atoms. The van der Waals surface area contributed by atoms with Gasteiger partial charge in [-0.1, -0.05) is 72.8 Å². The molecule has 0 saturated heterocycles. The Morgan fingerprint density at radius 2 is 1.88 bits per heavy atom. The summed E-state index contributed by atoms with van der Waals surface area (Å²) in [7, 11) is -4.02. The van der Waals surface area contributed by atoms with Crippen LogP contribution in [0.2, 0.25) is 5.02 Å². The topological polar surface area (TPSA) is 92.3 Å². The predicted octanol–water partition coefficient (Wildman–Crippen LogP) is 5.08. The van der Waals surface area contributed by atoms with Crippen molar-refractivity contribution < 1.29 is 13.2 Å². The number of hydrogen-bond acceptors (Lipinski definition) is 7. The SMILES string of the molecule is Cc1c(Cl)cccc1N(CC(=O)Nc1nnc(SCC(C)C)s1)S(=O)(=O)c1ccccc1. The highest BCUT2D eigenvalue weighted by Gasteiger charge is 2.29.